The van der Waals surface area contributed by atoms with E-state index in [2.05, 4.69) is 4.98 Å². The van der Waals surface area contributed by atoms with Crippen LogP contribution in [0.5, 0.6) is 0 Å². The van der Waals surface area contributed by atoms with Crippen LogP contribution < -0.4 is 0 Å². The van der Waals surface area contributed by atoms with Crippen molar-refractivity contribution in [3.63, 3.8) is 0 Å². The summed E-state index contributed by atoms with van der Waals surface area (Å²) in [5, 5.41) is 0.794. The van der Waals surface area contributed by atoms with Gasteiger partial charge in [-0.25, -0.2) is 4.79 Å². The van der Waals surface area contributed by atoms with Crippen molar-refractivity contribution in [1.29, 1.82) is 0 Å². The topological polar surface area (TPSA) is 56.3 Å². The van der Waals surface area contributed by atoms with Crippen molar-refractivity contribution in [2.45, 2.75) is 33.1 Å². The third-order valence-corrected chi connectivity index (χ3v) is 5.15. The average Bonchev–Trinajstić information content (AvgIpc) is 3.13. The molecule has 0 N–H and O–H groups in total. The molecule has 0 radical (unpaired) electrons. The Labute approximate surface area is 158 Å². The minimum absolute atomic E-state index is 0.181. The van der Waals surface area contributed by atoms with Gasteiger partial charge in [0, 0.05) is 16.6 Å². The molecule has 0 saturated carbocycles. The second-order valence-corrected chi connectivity index (χ2v) is 7.10. The first kappa shape index (κ1) is 17.4. The summed E-state index contributed by atoms with van der Waals surface area (Å²) in [4.78, 5) is 30.2. The minimum Gasteiger partial charge on any atom is -0.454 e. The highest BCUT2D eigenvalue weighted by Gasteiger charge is 2.25. The maximum Gasteiger partial charge on any atom is 0.339 e. The van der Waals surface area contributed by atoms with Crippen LogP contribution in [0.1, 0.15) is 49.5 Å². The summed E-state index contributed by atoms with van der Waals surface area (Å²) in [6.45, 7) is 3.57. The Morgan fingerprint density at radius 1 is 1.07 bits per heavy atom. The number of nitrogens with zero attached hydrogens (tertiary/aromatic N) is 1. The molecular weight excluding hydrogens is 338 g/mol. The number of hydrogen-bond donors (Lipinski definition) is 0. The molecule has 0 saturated heterocycles. The lowest BCUT2D eigenvalue weighted by Gasteiger charge is -2.12. The van der Waals surface area contributed by atoms with Crippen LogP contribution in [0, 0.1) is 13.8 Å². The highest BCUT2D eigenvalue weighted by molar-refractivity contribution is 6.06. The quantitative estimate of drug-likeness (QED) is 0.512. The molecular formula is C23H21NO3. The highest BCUT2D eigenvalue weighted by Crippen LogP contribution is 2.30. The van der Waals surface area contributed by atoms with E-state index in [9.17, 15) is 9.59 Å². The van der Waals surface area contributed by atoms with Crippen molar-refractivity contribution >= 4 is 22.7 Å². The van der Waals surface area contributed by atoms with Crippen LogP contribution in [0.4, 0.5) is 0 Å². The van der Waals surface area contributed by atoms with E-state index in [1.165, 1.54) is 0 Å². The molecule has 0 unspecified atom stereocenters. The van der Waals surface area contributed by atoms with Gasteiger partial charge in [-0.1, -0.05) is 35.9 Å². The normalized spacial score (nSPS) is 12.8. The maximum atomic E-state index is 12.9. The Hall–Kier alpha value is -3.01. The number of aryl methyl sites for hydroxylation is 3. The first-order valence-corrected chi connectivity index (χ1v) is 9.22. The Balaban J connectivity index is 1.62. The fourth-order valence-corrected chi connectivity index (χ4v) is 3.76. The van der Waals surface area contributed by atoms with Crippen molar-refractivity contribution in [3.8, 4) is 0 Å². The van der Waals surface area contributed by atoms with Gasteiger partial charge < -0.3 is 4.74 Å². The Bertz CT molecular complexity index is 1070. The van der Waals surface area contributed by atoms with E-state index in [1.54, 1.807) is 0 Å². The number of carbonyl (C=O) groups is 2. The zero-order valence-electron chi connectivity index (χ0n) is 15.5. The van der Waals surface area contributed by atoms with Gasteiger partial charge in [0.1, 0.15) is 0 Å². The zero-order valence-corrected chi connectivity index (χ0v) is 15.5. The molecule has 136 valence electrons. The third kappa shape index (κ3) is 3.23. The van der Waals surface area contributed by atoms with Gasteiger partial charge in [-0.2, -0.15) is 0 Å². The fraction of sp³-hybridized carbons (Fsp3) is 0.261. The molecule has 4 heteroatoms. The lowest BCUT2D eigenvalue weighted by atomic mass is 10.0. The molecule has 0 amide bonds. The molecule has 0 fully saturated rings. The number of pyridine rings is 1. The number of fused-ring (bicyclic) bond motifs is 2. The van der Waals surface area contributed by atoms with Gasteiger partial charge in [-0.15, -0.1) is 0 Å². The monoisotopic (exact) mass is 359 g/mol. The molecule has 4 nitrogen and oxygen atoms in total. The van der Waals surface area contributed by atoms with Crippen LogP contribution in [0.3, 0.4) is 0 Å². The fourth-order valence-electron chi connectivity index (χ4n) is 3.76. The number of Topliss-reactive ketones (excluding diaryl/α,β-unsaturated/α-hetero) is 1. The standard InChI is InChI=1S/C23H21NO3/c1-14-10-11-15(2)18(12-14)21(25)13-27-23(26)22-16-6-3-4-8-19(16)24-20-9-5-7-17(20)22/h3-4,6,8,10-12H,5,7,9,13H2,1-2H3. The molecule has 0 spiro atoms. The number of ketones is 1. The van der Waals surface area contributed by atoms with Crippen molar-refractivity contribution < 1.29 is 14.3 Å². The van der Waals surface area contributed by atoms with Gasteiger partial charge in [0.15, 0.2) is 6.61 Å². The summed E-state index contributed by atoms with van der Waals surface area (Å²) in [6.07, 6.45) is 2.69. The van der Waals surface area contributed by atoms with Crippen LogP contribution in [-0.4, -0.2) is 23.3 Å². The first-order valence-electron chi connectivity index (χ1n) is 9.22. The number of hydrogen-bond acceptors (Lipinski definition) is 4. The molecule has 2 aromatic carbocycles. The molecule has 4 rings (SSSR count). The van der Waals surface area contributed by atoms with Crippen molar-refractivity contribution in [2.24, 2.45) is 0 Å². The van der Waals surface area contributed by atoms with Gasteiger partial charge in [-0.05, 0) is 56.4 Å². The van der Waals surface area contributed by atoms with Crippen LogP contribution in [0.2, 0.25) is 0 Å². The van der Waals surface area contributed by atoms with Crippen LogP contribution in [0.15, 0.2) is 42.5 Å². The Kier molecular flexibility index (Phi) is 4.48. The summed E-state index contributed by atoms with van der Waals surface area (Å²) < 4.78 is 5.46. The van der Waals surface area contributed by atoms with E-state index >= 15 is 0 Å². The largest absolute Gasteiger partial charge is 0.454 e. The molecule has 27 heavy (non-hydrogen) atoms. The second-order valence-electron chi connectivity index (χ2n) is 7.10. The SMILES string of the molecule is Cc1ccc(C)c(C(=O)COC(=O)c2c3c(nc4ccccc24)CCC3)c1. The third-order valence-electron chi connectivity index (χ3n) is 5.15. The van der Waals surface area contributed by atoms with E-state index in [-0.39, 0.29) is 12.4 Å². The first-order chi connectivity index (χ1) is 13.0. The van der Waals surface area contributed by atoms with E-state index < -0.39 is 5.97 Å². The van der Waals surface area contributed by atoms with Gasteiger partial charge in [0.05, 0.1) is 11.1 Å². The number of para-hydroxylation sites is 1. The maximum absolute atomic E-state index is 12.9. The summed E-state index contributed by atoms with van der Waals surface area (Å²) in [6, 6.07) is 13.3. The van der Waals surface area contributed by atoms with Crippen LogP contribution >= 0.6 is 0 Å². The van der Waals surface area contributed by atoms with Gasteiger partial charge in [0.2, 0.25) is 5.78 Å². The molecule has 1 aliphatic carbocycles. The van der Waals surface area contributed by atoms with E-state index in [4.69, 9.17) is 4.74 Å². The minimum atomic E-state index is -0.439. The number of esters is 1. The Morgan fingerprint density at radius 3 is 2.74 bits per heavy atom. The van der Waals surface area contributed by atoms with Gasteiger partial charge in [0.25, 0.3) is 0 Å². The van der Waals surface area contributed by atoms with Crippen molar-refractivity contribution in [1.82, 2.24) is 4.98 Å². The average molecular weight is 359 g/mol. The highest BCUT2D eigenvalue weighted by atomic mass is 16.5. The number of benzene rings is 2. The molecule has 1 aliphatic rings. The molecule has 1 aromatic heterocycles. The van der Waals surface area contributed by atoms with Gasteiger partial charge >= 0.3 is 5.97 Å². The summed E-state index contributed by atoms with van der Waals surface area (Å²) in [5.41, 5.74) is 5.81. The number of ether oxygens (including phenoxy) is 1. The lowest BCUT2D eigenvalue weighted by Crippen LogP contribution is -2.17. The van der Waals surface area contributed by atoms with E-state index in [0.717, 1.165) is 52.5 Å². The van der Waals surface area contributed by atoms with E-state index in [0.29, 0.717) is 11.1 Å². The molecule has 0 aliphatic heterocycles. The molecule has 1 heterocycles. The van der Waals surface area contributed by atoms with Crippen molar-refractivity contribution in [2.75, 3.05) is 6.61 Å². The zero-order chi connectivity index (χ0) is 19.0. The summed E-state index contributed by atoms with van der Waals surface area (Å²) >= 11 is 0. The molecule has 0 atom stereocenters. The van der Waals surface area contributed by atoms with Gasteiger partial charge in [-0.3, -0.25) is 9.78 Å². The number of aromatic nitrogens is 1. The van der Waals surface area contributed by atoms with Crippen LogP contribution in [-0.2, 0) is 17.6 Å². The number of carbonyl (C=O) groups excluding carboxylic acids is 2. The summed E-state index contributed by atoms with van der Waals surface area (Å²) in [5.74, 6) is -0.620. The van der Waals surface area contributed by atoms with Crippen LogP contribution in [0.25, 0.3) is 10.9 Å². The van der Waals surface area contributed by atoms with E-state index in [1.807, 2.05) is 56.3 Å². The lowest BCUT2D eigenvalue weighted by molar-refractivity contribution is 0.0475. The second kappa shape index (κ2) is 6.95. The molecule has 0 bridgehead atoms. The smallest absolute Gasteiger partial charge is 0.339 e. The van der Waals surface area contributed by atoms with Crippen molar-refractivity contribution in [3.05, 3.63) is 76.0 Å². The number of rotatable bonds is 4. The predicted molar refractivity (Wildman–Crippen MR) is 104 cm³/mol. The molecule has 3 aromatic rings. The predicted octanol–water partition coefficient (Wildman–Crippen LogP) is 4.38. The summed E-state index contributed by atoms with van der Waals surface area (Å²) in [7, 11) is 0. The Morgan fingerprint density at radius 2 is 1.89 bits per heavy atom.